The molecule has 1 N–H and O–H groups in total. The van der Waals surface area contributed by atoms with Gasteiger partial charge in [0.25, 0.3) is 0 Å². The monoisotopic (exact) mass is 291 g/mol. The summed E-state index contributed by atoms with van der Waals surface area (Å²) in [4.78, 5) is 9.47. The maximum atomic E-state index is 6.05. The van der Waals surface area contributed by atoms with E-state index < -0.39 is 0 Å². The van der Waals surface area contributed by atoms with Crippen molar-refractivity contribution in [2.45, 2.75) is 64.9 Å². The molecular formula is C17H29N3O. The number of aryl methyl sites for hydroxylation is 1. The summed E-state index contributed by atoms with van der Waals surface area (Å²) in [7, 11) is 1.91. The van der Waals surface area contributed by atoms with Crippen LogP contribution < -0.4 is 5.32 Å². The topological polar surface area (TPSA) is 47.0 Å². The highest BCUT2D eigenvalue weighted by Crippen LogP contribution is 2.36. The molecule has 1 unspecified atom stereocenters. The van der Waals surface area contributed by atoms with E-state index in [2.05, 4.69) is 30.2 Å². The zero-order chi connectivity index (χ0) is 15.1. The van der Waals surface area contributed by atoms with Gasteiger partial charge in [-0.05, 0) is 32.1 Å². The second kappa shape index (κ2) is 8.32. The summed E-state index contributed by atoms with van der Waals surface area (Å²) in [5.74, 6) is 2.35. The minimum Gasteiger partial charge on any atom is -0.373 e. The molecule has 2 rings (SSSR count). The van der Waals surface area contributed by atoms with Crippen molar-refractivity contribution in [3.63, 3.8) is 0 Å². The molecule has 4 heteroatoms. The van der Waals surface area contributed by atoms with E-state index in [0.29, 0.717) is 5.92 Å². The van der Waals surface area contributed by atoms with Crippen molar-refractivity contribution in [1.82, 2.24) is 9.97 Å². The van der Waals surface area contributed by atoms with Crippen LogP contribution in [0.5, 0.6) is 0 Å². The molecule has 0 aromatic carbocycles. The quantitative estimate of drug-likeness (QED) is 0.820. The molecule has 0 radical (unpaired) electrons. The van der Waals surface area contributed by atoms with Gasteiger partial charge in [-0.15, -0.1) is 0 Å². The number of hydrogen-bond acceptors (Lipinski definition) is 4. The third kappa shape index (κ3) is 4.40. The molecule has 1 heterocycles. The van der Waals surface area contributed by atoms with Crippen molar-refractivity contribution in [2.75, 3.05) is 19.0 Å². The van der Waals surface area contributed by atoms with Gasteiger partial charge in [0.2, 0.25) is 0 Å². The van der Waals surface area contributed by atoms with Gasteiger partial charge in [-0.2, -0.15) is 0 Å². The fraction of sp³-hybridized carbons (Fsp3) is 0.765. The zero-order valence-electron chi connectivity index (χ0n) is 13.7. The lowest BCUT2D eigenvalue weighted by molar-refractivity contribution is -0.000228. The van der Waals surface area contributed by atoms with Crippen LogP contribution in [-0.4, -0.2) is 23.6 Å². The van der Waals surface area contributed by atoms with Crippen LogP contribution in [0.15, 0.2) is 6.07 Å². The summed E-state index contributed by atoms with van der Waals surface area (Å²) < 4.78 is 6.05. The van der Waals surface area contributed by atoms with Gasteiger partial charge < -0.3 is 10.1 Å². The van der Waals surface area contributed by atoms with Crippen LogP contribution in [0.25, 0.3) is 0 Å². The van der Waals surface area contributed by atoms with Gasteiger partial charge in [-0.25, -0.2) is 9.97 Å². The molecule has 4 nitrogen and oxygen atoms in total. The van der Waals surface area contributed by atoms with Crippen LogP contribution in [-0.2, 0) is 11.2 Å². The van der Waals surface area contributed by atoms with Crippen molar-refractivity contribution < 1.29 is 4.74 Å². The van der Waals surface area contributed by atoms with Crippen LogP contribution in [0.1, 0.15) is 70.0 Å². The second-order valence-electron chi connectivity index (χ2n) is 5.88. The fourth-order valence-corrected chi connectivity index (χ4v) is 3.20. The highest BCUT2D eigenvalue weighted by Gasteiger charge is 2.28. The van der Waals surface area contributed by atoms with E-state index in [-0.39, 0.29) is 6.10 Å². The molecule has 118 valence electrons. The standard InChI is InChI=1S/C17H29N3O/c1-4-9-14-12-15(18-3)20-17(19-14)16(21-5-2)13-10-7-6-8-11-13/h12-13,16H,4-11H2,1-3H3,(H,18,19,20). The van der Waals surface area contributed by atoms with Crippen LogP contribution in [0.2, 0.25) is 0 Å². The molecule has 1 saturated carbocycles. The minimum atomic E-state index is 0.0548. The molecular weight excluding hydrogens is 262 g/mol. The predicted molar refractivity (Wildman–Crippen MR) is 86.5 cm³/mol. The Morgan fingerprint density at radius 2 is 2.00 bits per heavy atom. The SMILES string of the molecule is CCCc1cc(NC)nc(C(OCC)C2CCCCC2)n1. The van der Waals surface area contributed by atoms with Crippen LogP contribution in [0.4, 0.5) is 5.82 Å². The summed E-state index contributed by atoms with van der Waals surface area (Å²) in [6.07, 6.45) is 8.59. The maximum Gasteiger partial charge on any atom is 0.160 e. The minimum absolute atomic E-state index is 0.0548. The first-order chi connectivity index (χ1) is 10.3. The van der Waals surface area contributed by atoms with E-state index >= 15 is 0 Å². The zero-order valence-corrected chi connectivity index (χ0v) is 13.7. The van der Waals surface area contributed by atoms with Crippen LogP contribution in [0, 0.1) is 5.92 Å². The van der Waals surface area contributed by atoms with Crippen molar-refractivity contribution in [3.05, 3.63) is 17.6 Å². The lowest BCUT2D eigenvalue weighted by atomic mass is 9.85. The van der Waals surface area contributed by atoms with E-state index in [1.165, 1.54) is 32.1 Å². The Hall–Kier alpha value is -1.16. The van der Waals surface area contributed by atoms with Crippen molar-refractivity contribution in [3.8, 4) is 0 Å². The Morgan fingerprint density at radius 1 is 1.24 bits per heavy atom. The van der Waals surface area contributed by atoms with Gasteiger partial charge >= 0.3 is 0 Å². The predicted octanol–water partition coefficient (Wildman–Crippen LogP) is 4.13. The fourth-order valence-electron chi connectivity index (χ4n) is 3.20. The van der Waals surface area contributed by atoms with E-state index in [1.807, 2.05) is 7.05 Å². The molecule has 0 bridgehead atoms. The number of nitrogens with zero attached hydrogens (tertiary/aromatic N) is 2. The number of hydrogen-bond donors (Lipinski definition) is 1. The average Bonchev–Trinajstić information content (AvgIpc) is 2.53. The Morgan fingerprint density at radius 3 is 2.62 bits per heavy atom. The largest absolute Gasteiger partial charge is 0.373 e. The summed E-state index contributed by atoms with van der Waals surface area (Å²) in [5, 5.41) is 3.16. The summed E-state index contributed by atoms with van der Waals surface area (Å²) >= 11 is 0. The van der Waals surface area contributed by atoms with E-state index in [9.17, 15) is 0 Å². The molecule has 0 spiro atoms. The first kappa shape index (κ1) is 16.2. The molecule has 0 aliphatic heterocycles. The third-order valence-electron chi connectivity index (χ3n) is 4.24. The van der Waals surface area contributed by atoms with Gasteiger partial charge in [-0.1, -0.05) is 32.6 Å². The van der Waals surface area contributed by atoms with Gasteiger partial charge in [0.05, 0.1) is 0 Å². The molecule has 21 heavy (non-hydrogen) atoms. The Bertz CT molecular complexity index is 430. The maximum absolute atomic E-state index is 6.05. The summed E-state index contributed by atoms with van der Waals surface area (Å²) in [6, 6.07) is 2.05. The van der Waals surface area contributed by atoms with Gasteiger partial charge in [0.1, 0.15) is 11.9 Å². The number of rotatable bonds is 7. The smallest absolute Gasteiger partial charge is 0.160 e. The lowest BCUT2D eigenvalue weighted by Crippen LogP contribution is -2.22. The van der Waals surface area contributed by atoms with Gasteiger partial charge in [0.15, 0.2) is 5.82 Å². The number of aromatic nitrogens is 2. The first-order valence-corrected chi connectivity index (χ1v) is 8.45. The first-order valence-electron chi connectivity index (χ1n) is 8.45. The van der Waals surface area contributed by atoms with E-state index in [1.54, 1.807) is 0 Å². The Kier molecular flexibility index (Phi) is 6.43. The highest BCUT2D eigenvalue weighted by atomic mass is 16.5. The second-order valence-corrected chi connectivity index (χ2v) is 5.88. The molecule has 0 amide bonds. The van der Waals surface area contributed by atoms with Crippen molar-refractivity contribution in [1.29, 1.82) is 0 Å². The molecule has 1 aromatic rings. The third-order valence-corrected chi connectivity index (χ3v) is 4.24. The number of nitrogens with one attached hydrogen (secondary N) is 1. The highest BCUT2D eigenvalue weighted by molar-refractivity contribution is 5.35. The molecule has 0 saturated heterocycles. The van der Waals surface area contributed by atoms with Gasteiger partial charge in [0, 0.05) is 25.4 Å². The van der Waals surface area contributed by atoms with Crippen molar-refractivity contribution >= 4 is 5.82 Å². The van der Waals surface area contributed by atoms with Crippen molar-refractivity contribution in [2.24, 2.45) is 5.92 Å². The Balaban J connectivity index is 2.26. The summed E-state index contributed by atoms with van der Waals surface area (Å²) in [6.45, 7) is 4.96. The molecule has 1 fully saturated rings. The number of ether oxygens (including phenoxy) is 1. The molecule has 1 aliphatic carbocycles. The van der Waals surface area contributed by atoms with E-state index in [4.69, 9.17) is 9.72 Å². The molecule has 1 atom stereocenters. The van der Waals surface area contributed by atoms with Crippen LogP contribution >= 0.6 is 0 Å². The average molecular weight is 291 g/mol. The number of anilines is 1. The van der Waals surface area contributed by atoms with Crippen LogP contribution in [0.3, 0.4) is 0 Å². The molecule has 1 aliphatic rings. The van der Waals surface area contributed by atoms with Gasteiger partial charge in [-0.3, -0.25) is 0 Å². The lowest BCUT2D eigenvalue weighted by Gasteiger charge is -2.29. The van der Waals surface area contributed by atoms with E-state index in [0.717, 1.165) is 36.8 Å². The Labute approximate surface area is 128 Å². The normalized spacial score (nSPS) is 17.7. The summed E-state index contributed by atoms with van der Waals surface area (Å²) in [5.41, 5.74) is 1.12. The molecule has 1 aromatic heterocycles.